The topological polar surface area (TPSA) is 214 Å². The molecule has 0 aliphatic heterocycles. The molecule has 0 aromatic heterocycles. The maximum atomic E-state index is 12.4. The summed E-state index contributed by atoms with van der Waals surface area (Å²) in [5, 5.41) is 24.8. The van der Waals surface area contributed by atoms with Crippen LogP contribution in [0.1, 0.15) is 46.5 Å². The van der Waals surface area contributed by atoms with Gasteiger partial charge in [-0.3, -0.25) is 19.2 Å². The van der Waals surface area contributed by atoms with E-state index in [4.69, 9.17) is 21.7 Å². The second-order valence-electron chi connectivity index (χ2n) is 7.35. The van der Waals surface area contributed by atoms with Gasteiger partial charge >= 0.3 is 11.9 Å². The van der Waals surface area contributed by atoms with Crippen molar-refractivity contribution in [2.45, 2.75) is 70.6 Å². The first-order valence-electron chi connectivity index (χ1n) is 9.72. The zero-order valence-electron chi connectivity index (χ0n) is 17.5. The highest BCUT2D eigenvalue weighted by Crippen LogP contribution is 2.05. The van der Waals surface area contributed by atoms with E-state index < -0.39 is 66.2 Å². The molecule has 0 saturated heterocycles. The minimum Gasteiger partial charge on any atom is -0.481 e. The lowest BCUT2D eigenvalue weighted by molar-refractivity contribution is -0.147. The number of hydrogen-bond donors (Lipinski definition) is 7. The lowest BCUT2D eigenvalue weighted by atomic mass is 10.0. The monoisotopic (exact) mass is 431 g/mol. The maximum absolute atomic E-state index is 12.4. The van der Waals surface area contributed by atoms with Crippen LogP contribution < -0.4 is 27.4 Å². The molecule has 0 rings (SSSR count). The Labute approximate surface area is 175 Å². The number of aliphatic carboxylic acids is 2. The molecule has 0 aromatic rings. The van der Waals surface area contributed by atoms with Gasteiger partial charge in [0.2, 0.25) is 17.7 Å². The van der Waals surface area contributed by atoms with Gasteiger partial charge < -0.3 is 37.6 Å². The number of carbonyl (C=O) groups is 5. The van der Waals surface area contributed by atoms with Crippen LogP contribution in [0.3, 0.4) is 0 Å². The van der Waals surface area contributed by atoms with E-state index in [1.54, 1.807) is 13.8 Å². The molecule has 0 unspecified atom stereocenters. The third kappa shape index (κ3) is 10.2. The summed E-state index contributed by atoms with van der Waals surface area (Å²) >= 11 is 0. The lowest BCUT2D eigenvalue weighted by Crippen LogP contribution is -2.58. The first kappa shape index (κ1) is 27.3. The van der Waals surface area contributed by atoms with Crippen LogP contribution in [0.25, 0.3) is 0 Å². The molecule has 0 heterocycles. The Morgan fingerprint density at radius 3 is 1.93 bits per heavy atom. The van der Waals surface area contributed by atoms with Crippen LogP contribution >= 0.6 is 0 Å². The summed E-state index contributed by atoms with van der Waals surface area (Å²) in [6.45, 7) is 5.14. The van der Waals surface area contributed by atoms with Crippen LogP contribution in [0.15, 0.2) is 0 Å². The van der Waals surface area contributed by atoms with Gasteiger partial charge in [0.05, 0.1) is 12.5 Å². The molecular weight excluding hydrogens is 398 g/mol. The Hall–Kier alpha value is -2.73. The minimum absolute atomic E-state index is 0.411. The van der Waals surface area contributed by atoms with Crippen molar-refractivity contribution in [1.29, 1.82) is 0 Å². The van der Waals surface area contributed by atoms with Gasteiger partial charge in [-0.2, -0.15) is 0 Å². The highest BCUT2D eigenvalue weighted by atomic mass is 16.4. The highest BCUT2D eigenvalue weighted by Gasteiger charge is 2.31. The highest BCUT2D eigenvalue weighted by molar-refractivity contribution is 5.94. The normalized spacial score (nSPS) is 14.9. The van der Waals surface area contributed by atoms with Crippen molar-refractivity contribution in [3.05, 3.63) is 0 Å². The largest absolute Gasteiger partial charge is 0.481 e. The fourth-order valence-electron chi connectivity index (χ4n) is 2.48. The van der Waals surface area contributed by atoms with Gasteiger partial charge in [0.1, 0.15) is 18.1 Å². The van der Waals surface area contributed by atoms with Crippen LogP contribution in [-0.4, -0.2) is 70.6 Å². The number of nitrogens with one attached hydrogen (secondary N) is 3. The molecule has 3 amide bonds. The van der Waals surface area contributed by atoms with Gasteiger partial charge in [-0.05, 0) is 32.2 Å². The van der Waals surface area contributed by atoms with Crippen molar-refractivity contribution in [3.8, 4) is 0 Å². The number of carbonyl (C=O) groups excluding carboxylic acids is 3. The second kappa shape index (κ2) is 13.5. The van der Waals surface area contributed by atoms with Gasteiger partial charge in [-0.25, -0.2) is 4.79 Å². The van der Waals surface area contributed by atoms with E-state index in [9.17, 15) is 24.0 Å². The van der Waals surface area contributed by atoms with Crippen molar-refractivity contribution in [1.82, 2.24) is 16.0 Å². The summed E-state index contributed by atoms with van der Waals surface area (Å²) in [5.41, 5.74) is 11.2. The smallest absolute Gasteiger partial charge is 0.326 e. The summed E-state index contributed by atoms with van der Waals surface area (Å²) in [4.78, 5) is 58.8. The molecule has 4 atom stereocenters. The molecule has 0 spiro atoms. The summed E-state index contributed by atoms with van der Waals surface area (Å²) in [5.74, 6) is -5.38. The quantitative estimate of drug-likeness (QED) is 0.153. The zero-order chi connectivity index (χ0) is 23.4. The Morgan fingerprint density at radius 2 is 1.47 bits per heavy atom. The van der Waals surface area contributed by atoms with Crippen molar-refractivity contribution in [2.24, 2.45) is 17.4 Å². The standard InChI is InChI=1S/C18H33N5O7/c1-9(2)14(17(28)22-12(18(29)30)8-13(24)25)23-15(26)10(3)21-16(27)11(20)6-4-5-7-19/h9-12,14H,4-8,19-20H2,1-3H3,(H,21,27)(H,22,28)(H,23,26)(H,24,25)(H,29,30)/t10-,11+,12+,14-/m1/s1. The third-order valence-electron chi connectivity index (χ3n) is 4.30. The number of amides is 3. The average molecular weight is 431 g/mol. The Balaban J connectivity index is 4.93. The van der Waals surface area contributed by atoms with Crippen LogP contribution in [0.2, 0.25) is 0 Å². The van der Waals surface area contributed by atoms with Gasteiger partial charge in [-0.15, -0.1) is 0 Å². The molecule has 9 N–H and O–H groups in total. The molecule has 0 saturated carbocycles. The molecule has 12 nitrogen and oxygen atoms in total. The van der Waals surface area contributed by atoms with Gasteiger partial charge in [-0.1, -0.05) is 20.3 Å². The van der Waals surface area contributed by atoms with Crippen molar-refractivity contribution in [2.75, 3.05) is 6.54 Å². The molecule has 0 fully saturated rings. The molecule has 0 bridgehead atoms. The molecule has 0 aromatic carbocycles. The van der Waals surface area contributed by atoms with Crippen molar-refractivity contribution < 1.29 is 34.2 Å². The average Bonchev–Trinajstić information content (AvgIpc) is 2.64. The van der Waals surface area contributed by atoms with Crippen LogP contribution in [0.4, 0.5) is 0 Å². The van der Waals surface area contributed by atoms with E-state index in [-0.39, 0.29) is 0 Å². The Morgan fingerprint density at radius 1 is 0.867 bits per heavy atom. The van der Waals surface area contributed by atoms with E-state index in [0.29, 0.717) is 19.4 Å². The number of unbranched alkanes of at least 4 members (excludes halogenated alkanes) is 1. The predicted molar refractivity (Wildman–Crippen MR) is 107 cm³/mol. The van der Waals surface area contributed by atoms with E-state index >= 15 is 0 Å². The summed E-state index contributed by atoms with van der Waals surface area (Å²) in [7, 11) is 0. The maximum Gasteiger partial charge on any atom is 0.326 e. The molecule has 12 heteroatoms. The predicted octanol–water partition coefficient (Wildman–Crippen LogP) is -1.87. The Bertz CT molecular complexity index is 626. The molecule has 0 aliphatic rings. The van der Waals surface area contributed by atoms with E-state index in [1.165, 1.54) is 6.92 Å². The number of carboxylic acids is 2. The van der Waals surface area contributed by atoms with E-state index in [0.717, 1.165) is 6.42 Å². The number of rotatable bonds is 14. The summed E-state index contributed by atoms with van der Waals surface area (Å²) in [6.07, 6.45) is 0.993. The first-order valence-corrected chi connectivity index (χ1v) is 9.72. The Kier molecular flexibility index (Phi) is 12.3. The minimum atomic E-state index is -1.64. The zero-order valence-corrected chi connectivity index (χ0v) is 17.5. The number of carboxylic acid groups (broad SMARTS) is 2. The van der Waals surface area contributed by atoms with Crippen molar-refractivity contribution >= 4 is 29.7 Å². The van der Waals surface area contributed by atoms with E-state index in [1.807, 2.05) is 0 Å². The molecular formula is C18H33N5O7. The van der Waals surface area contributed by atoms with E-state index in [2.05, 4.69) is 16.0 Å². The summed E-state index contributed by atoms with van der Waals surface area (Å²) < 4.78 is 0. The van der Waals surface area contributed by atoms with Gasteiger partial charge in [0.15, 0.2) is 0 Å². The number of nitrogens with two attached hydrogens (primary N) is 2. The summed E-state index contributed by atoms with van der Waals surface area (Å²) in [6, 6.07) is -4.58. The molecule has 0 aliphatic carbocycles. The lowest BCUT2D eigenvalue weighted by Gasteiger charge is -2.25. The SMILES string of the molecule is CC(C)[C@@H](NC(=O)[C@@H](C)NC(=O)[C@@H](N)CCCCN)C(=O)N[C@@H](CC(=O)O)C(=O)O. The van der Waals surface area contributed by atoms with Crippen molar-refractivity contribution in [3.63, 3.8) is 0 Å². The molecule has 30 heavy (non-hydrogen) atoms. The molecule has 172 valence electrons. The van der Waals surface area contributed by atoms with Crippen LogP contribution in [-0.2, 0) is 24.0 Å². The number of hydrogen-bond acceptors (Lipinski definition) is 7. The van der Waals surface area contributed by atoms with Gasteiger partial charge in [0.25, 0.3) is 0 Å². The second-order valence-corrected chi connectivity index (χ2v) is 7.35. The molecule has 0 radical (unpaired) electrons. The van der Waals surface area contributed by atoms with Gasteiger partial charge in [0, 0.05) is 0 Å². The fourth-order valence-corrected chi connectivity index (χ4v) is 2.48. The fraction of sp³-hybridized carbons (Fsp3) is 0.722. The van der Waals surface area contributed by atoms with Crippen LogP contribution in [0.5, 0.6) is 0 Å². The first-order chi connectivity index (χ1) is 13.9. The van der Waals surface area contributed by atoms with Crippen LogP contribution in [0, 0.1) is 5.92 Å². The third-order valence-corrected chi connectivity index (χ3v) is 4.30.